The fraction of sp³-hybridized carbons (Fsp3) is 0.222. The summed E-state index contributed by atoms with van der Waals surface area (Å²) in [5.41, 5.74) is 0.528. The lowest BCUT2D eigenvalue weighted by molar-refractivity contribution is -0.144. The molecule has 2 aromatic rings. The number of methoxy groups -OCH3 is 1. The van der Waals surface area contributed by atoms with Crippen LogP contribution in [0.3, 0.4) is 0 Å². The second-order valence-electron chi connectivity index (χ2n) is 5.52. The molecule has 1 amide bonds. The van der Waals surface area contributed by atoms with Gasteiger partial charge in [-0.15, -0.1) is 0 Å². The number of aliphatic carboxylic acids is 1. The number of amides is 1. The molecule has 1 aliphatic rings. The highest BCUT2D eigenvalue weighted by Gasteiger charge is 2.47. The average molecular weight is 311 g/mol. The quantitative estimate of drug-likeness (QED) is 0.909. The van der Waals surface area contributed by atoms with Crippen molar-refractivity contribution >= 4 is 11.9 Å². The average Bonchev–Trinajstić information content (AvgIpc) is 2.95. The zero-order valence-electron chi connectivity index (χ0n) is 12.7. The third-order valence-corrected chi connectivity index (χ3v) is 4.29. The molecule has 5 nitrogen and oxygen atoms in total. The van der Waals surface area contributed by atoms with Crippen molar-refractivity contribution < 1.29 is 19.4 Å². The molecule has 2 aromatic carbocycles. The fourth-order valence-corrected chi connectivity index (χ4v) is 3.11. The summed E-state index contributed by atoms with van der Waals surface area (Å²) in [6.45, 7) is 0. The van der Waals surface area contributed by atoms with Crippen molar-refractivity contribution in [3.05, 3.63) is 65.2 Å². The maximum atomic E-state index is 12.6. The number of aryl methyl sites for hydroxylation is 1. The molecule has 0 saturated heterocycles. The summed E-state index contributed by atoms with van der Waals surface area (Å²) < 4.78 is 5.19. The Morgan fingerprint density at radius 3 is 2.57 bits per heavy atom. The lowest BCUT2D eigenvalue weighted by atomic mass is 9.91. The first-order valence-electron chi connectivity index (χ1n) is 7.36. The van der Waals surface area contributed by atoms with Crippen LogP contribution in [0.1, 0.15) is 27.9 Å². The van der Waals surface area contributed by atoms with Gasteiger partial charge in [-0.2, -0.15) is 0 Å². The van der Waals surface area contributed by atoms with Gasteiger partial charge in [0.15, 0.2) is 5.54 Å². The third kappa shape index (κ3) is 2.44. The molecule has 0 aliphatic heterocycles. The summed E-state index contributed by atoms with van der Waals surface area (Å²) in [4.78, 5) is 24.6. The van der Waals surface area contributed by atoms with Crippen molar-refractivity contribution in [1.29, 1.82) is 0 Å². The summed E-state index contributed by atoms with van der Waals surface area (Å²) in [5, 5.41) is 12.5. The Kier molecular flexibility index (Phi) is 3.78. The number of hydrogen-bond acceptors (Lipinski definition) is 3. The molecule has 2 N–H and O–H groups in total. The largest absolute Gasteiger partial charge is 0.496 e. The lowest BCUT2D eigenvalue weighted by Gasteiger charge is -2.27. The van der Waals surface area contributed by atoms with Gasteiger partial charge < -0.3 is 15.2 Å². The summed E-state index contributed by atoms with van der Waals surface area (Å²) in [7, 11) is 1.48. The number of ether oxygens (including phenoxy) is 1. The Labute approximate surface area is 133 Å². The van der Waals surface area contributed by atoms with E-state index < -0.39 is 17.4 Å². The first-order chi connectivity index (χ1) is 11.1. The predicted molar refractivity (Wildman–Crippen MR) is 84.5 cm³/mol. The van der Waals surface area contributed by atoms with E-state index >= 15 is 0 Å². The van der Waals surface area contributed by atoms with Crippen LogP contribution in [-0.4, -0.2) is 24.1 Å². The van der Waals surface area contributed by atoms with E-state index in [-0.39, 0.29) is 0 Å². The number of carboxylic acids is 1. The highest BCUT2D eigenvalue weighted by Crippen LogP contribution is 2.37. The number of carbonyl (C=O) groups is 2. The van der Waals surface area contributed by atoms with E-state index in [0.29, 0.717) is 29.7 Å². The molecule has 0 fully saturated rings. The topological polar surface area (TPSA) is 75.6 Å². The van der Waals surface area contributed by atoms with E-state index in [1.165, 1.54) is 7.11 Å². The molecule has 118 valence electrons. The van der Waals surface area contributed by atoms with Crippen LogP contribution in [0.2, 0.25) is 0 Å². The van der Waals surface area contributed by atoms with E-state index in [4.69, 9.17) is 4.74 Å². The van der Waals surface area contributed by atoms with Gasteiger partial charge in [0, 0.05) is 0 Å². The minimum absolute atomic E-state index is 0.319. The van der Waals surface area contributed by atoms with Gasteiger partial charge in [0.05, 0.1) is 12.7 Å². The molecule has 0 bridgehead atoms. The summed E-state index contributed by atoms with van der Waals surface area (Å²) in [6.07, 6.45) is 0.956. The van der Waals surface area contributed by atoms with Crippen LogP contribution in [0.25, 0.3) is 0 Å². The molecular formula is C18H17NO4. The van der Waals surface area contributed by atoms with Crippen LogP contribution in [0.5, 0.6) is 5.75 Å². The summed E-state index contributed by atoms with van der Waals surface area (Å²) in [5.74, 6) is -1.09. The van der Waals surface area contributed by atoms with Gasteiger partial charge in [0.1, 0.15) is 5.75 Å². The standard InChI is InChI=1S/C18H17NO4/c1-23-15-9-5-3-7-13(15)16(20)19-18(17(21)22)11-10-12-6-2-4-8-14(12)18/h2-9H,10-11H2,1H3,(H,19,20)(H,21,22). The zero-order chi connectivity index (χ0) is 16.4. The van der Waals surface area contributed by atoms with Crippen LogP contribution in [0, 0.1) is 0 Å². The van der Waals surface area contributed by atoms with Crippen molar-refractivity contribution in [2.75, 3.05) is 7.11 Å². The number of carboxylic acid groups (broad SMARTS) is 1. The Bertz CT molecular complexity index is 771. The van der Waals surface area contributed by atoms with Gasteiger partial charge in [0.25, 0.3) is 5.91 Å². The molecular weight excluding hydrogens is 294 g/mol. The van der Waals surface area contributed by atoms with Crippen molar-refractivity contribution in [2.24, 2.45) is 0 Å². The van der Waals surface area contributed by atoms with E-state index in [1.54, 1.807) is 36.4 Å². The maximum absolute atomic E-state index is 12.6. The van der Waals surface area contributed by atoms with Crippen molar-refractivity contribution in [2.45, 2.75) is 18.4 Å². The van der Waals surface area contributed by atoms with Crippen molar-refractivity contribution in [3.63, 3.8) is 0 Å². The highest BCUT2D eigenvalue weighted by atomic mass is 16.5. The maximum Gasteiger partial charge on any atom is 0.334 e. The molecule has 0 aromatic heterocycles. The van der Waals surface area contributed by atoms with E-state index in [2.05, 4.69) is 5.32 Å². The normalized spacial score (nSPS) is 19.0. The number of benzene rings is 2. The predicted octanol–water partition coefficient (Wildman–Crippen LogP) is 2.35. The van der Waals surface area contributed by atoms with Gasteiger partial charge in [0.2, 0.25) is 0 Å². The van der Waals surface area contributed by atoms with Gasteiger partial charge >= 0.3 is 5.97 Å². The van der Waals surface area contributed by atoms with Crippen LogP contribution >= 0.6 is 0 Å². The molecule has 1 atom stereocenters. The lowest BCUT2D eigenvalue weighted by Crippen LogP contribution is -2.50. The van der Waals surface area contributed by atoms with Crippen LogP contribution < -0.4 is 10.1 Å². The number of rotatable bonds is 4. The number of carbonyl (C=O) groups excluding carboxylic acids is 1. The number of hydrogen-bond donors (Lipinski definition) is 2. The fourth-order valence-electron chi connectivity index (χ4n) is 3.11. The molecule has 5 heteroatoms. The monoisotopic (exact) mass is 311 g/mol. The van der Waals surface area contributed by atoms with Gasteiger partial charge in [-0.1, -0.05) is 36.4 Å². The Morgan fingerprint density at radius 1 is 1.13 bits per heavy atom. The van der Waals surface area contributed by atoms with Gasteiger partial charge in [-0.05, 0) is 36.1 Å². The SMILES string of the molecule is COc1ccccc1C(=O)NC1(C(=O)O)CCc2ccccc21. The molecule has 23 heavy (non-hydrogen) atoms. The first kappa shape index (κ1) is 15.1. The molecule has 0 spiro atoms. The van der Waals surface area contributed by atoms with Gasteiger partial charge in [-0.3, -0.25) is 4.79 Å². The van der Waals surface area contributed by atoms with Gasteiger partial charge in [-0.25, -0.2) is 4.79 Å². The molecule has 0 heterocycles. The summed E-state index contributed by atoms with van der Waals surface area (Å²) >= 11 is 0. The zero-order valence-corrected chi connectivity index (χ0v) is 12.7. The second kappa shape index (κ2) is 5.76. The minimum atomic E-state index is -1.39. The molecule has 0 saturated carbocycles. The van der Waals surface area contributed by atoms with E-state index in [9.17, 15) is 14.7 Å². The number of fused-ring (bicyclic) bond motifs is 1. The van der Waals surface area contributed by atoms with Crippen LogP contribution in [0.4, 0.5) is 0 Å². The minimum Gasteiger partial charge on any atom is -0.496 e. The number of para-hydroxylation sites is 1. The first-order valence-corrected chi connectivity index (χ1v) is 7.36. The van der Waals surface area contributed by atoms with Crippen LogP contribution in [-0.2, 0) is 16.8 Å². The highest BCUT2D eigenvalue weighted by molar-refractivity contribution is 6.00. The summed E-state index contributed by atoms with van der Waals surface area (Å²) in [6, 6.07) is 14.1. The molecule has 3 rings (SSSR count). The Balaban J connectivity index is 1.99. The Hall–Kier alpha value is -2.82. The van der Waals surface area contributed by atoms with E-state index in [1.807, 2.05) is 12.1 Å². The van der Waals surface area contributed by atoms with Crippen molar-refractivity contribution in [3.8, 4) is 5.75 Å². The molecule has 0 radical (unpaired) electrons. The Morgan fingerprint density at radius 2 is 1.83 bits per heavy atom. The molecule has 1 aliphatic carbocycles. The van der Waals surface area contributed by atoms with Crippen LogP contribution in [0.15, 0.2) is 48.5 Å². The van der Waals surface area contributed by atoms with Crippen molar-refractivity contribution in [1.82, 2.24) is 5.32 Å². The second-order valence-corrected chi connectivity index (χ2v) is 5.52. The third-order valence-electron chi connectivity index (χ3n) is 4.29. The molecule has 1 unspecified atom stereocenters. The number of nitrogens with one attached hydrogen (secondary N) is 1. The van der Waals surface area contributed by atoms with E-state index in [0.717, 1.165) is 5.56 Å². The smallest absolute Gasteiger partial charge is 0.334 e.